The molecule has 1 fully saturated rings. The van der Waals surface area contributed by atoms with E-state index in [0.29, 0.717) is 6.10 Å². The molecular formula is C8H16OS. The number of hydrogen-bond acceptors (Lipinski definition) is 2. The minimum atomic E-state index is 0.0388. The maximum Gasteiger partial charge on any atom is 0.108 e. The first kappa shape index (κ1) is 8.41. The first-order chi connectivity index (χ1) is 4.49. The van der Waals surface area contributed by atoms with Crippen molar-refractivity contribution >= 4 is 11.8 Å². The predicted molar refractivity (Wildman–Crippen MR) is 46.3 cm³/mol. The van der Waals surface area contributed by atoms with Crippen molar-refractivity contribution in [3.63, 3.8) is 0 Å². The Morgan fingerprint density at radius 1 is 1.40 bits per heavy atom. The minimum Gasteiger partial charge on any atom is -0.362 e. The number of thioether (sulfide) groups is 1. The zero-order chi connectivity index (χ0) is 7.78. The van der Waals surface area contributed by atoms with Gasteiger partial charge in [0.05, 0.1) is 6.10 Å². The lowest BCUT2D eigenvalue weighted by atomic mass is 10.2. The second-order valence-electron chi connectivity index (χ2n) is 3.49. The van der Waals surface area contributed by atoms with E-state index in [1.165, 1.54) is 6.42 Å². The van der Waals surface area contributed by atoms with Crippen LogP contribution in [0.5, 0.6) is 0 Å². The molecular weight excluding hydrogens is 144 g/mol. The molecule has 0 aromatic carbocycles. The molecule has 0 amide bonds. The van der Waals surface area contributed by atoms with Crippen molar-refractivity contribution in [1.29, 1.82) is 0 Å². The fraction of sp³-hybridized carbons (Fsp3) is 1.00. The van der Waals surface area contributed by atoms with E-state index < -0.39 is 0 Å². The molecule has 0 unspecified atom stereocenters. The second-order valence-corrected chi connectivity index (χ2v) is 5.52. The minimum absolute atomic E-state index is 0.0388. The molecule has 0 aromatic heterocycles. The van der Waals surface area contributed by atoms with Gasteiger partial charge in [0.2, 0.25) is 0 Å². The molecule has 1 rings (SSSR count). The van der Waals surface area contributed by atoms with Crippen LogP contribution in [0.4, 0.5) is 0 Å². The van der Waals surface area contributed by atoms with Crippen LogP contribution in [0.3, 0.4) is 0 Å². The van der Waals surface area contributed by atoms with Crippen LogP contribution in [-0.2, 0) is 4.74 Å². The maximum atomic E-state index is 5.71. The summed E-state index contributed by atoms with van der Waals surface area (Å²) in [7, 11) is 0. The van der Waals surface area contributed by atoms with E-state index in [1.54, 1.807) is 0 Å². The molecule has 1 aliphatic rings. The van der Waals surface area contributed by atoms with Crippen LogP contribution in [0.15, 0.2) is 0 Å². The maximum absolute atomic E-state index is 5.71. The summed E-state index contributed by atoms with van der Waals surface area (Å²) in [6.45, 7) is 8.71. The summed E-state index contributed by atoms with van der Waals surface area (Å²) in [5.41, 5.74) is 0. The molecule has 0 saturated carbocycles. The van der Waals surface area contributed by atoms with Gasteiger partial charge in [-0.25, -0.2) is 0 Å². The smallest absolute Gasteiger partial charge is 0.108 e. The Hall–Kier alpha value is 0.310. The lowest BCUT2D eigenvalue weighted by molar-refractivity contribution is -0.0168. The van der Waals surface area contributed by atoms with Crippen molar-refractivity contribution in [2.24, 2.45) is 0 Å². The van der Waals surface area contributed by atoms with Crippen LogP contribution >= 0.6 is 11.8 Å². The third-order valence-electron chi connectivity index (χ3n) is 1.63. The van der Waals surface area contributed by atoms with E-state index in [2.05, 4.69) is 27.7 Å². The van der Waals surface area contributed by atoms with Gasteiger partial charge < -0.3 is 4.74 Å². The molecule has 0 aliphatic carbocycles. The third-order valence-corrected chi connectivity index (χ3v) is 2.89. The summed E-state index contributed by atoms with van der Waals surface area (Å²) in [4.78, 5) is 0.0388. The van der Waals surface area contributed by atoms with Crippen LogP contribution in [0.25, 0.3) is 0 Å². The summed E-state index contributed by atoms with van der Waals surface area (Å²) in [5, 5.41) is 0.749. The third kappa shape index (κ3) is 2.17. The number of hydrogen-bond donors (Lipinski definition) is 0. The van der Waals surface area contributed by atoms with Gasteiger partial charge in [0, 0.05) is 5.25 Å². The molecule has 0 spiro atoms. The van der Waals surface area contributed by atoms with Crippen molar-refractivity contribution in [3.8, 4) is 0 Å². The molecule has 2 heteroatoms. The Kier molecular flexibility index (Phi) is 2.31. The van der Waals surface area contributed by atoms with E-state index in [-0.39, 0.29) is 4.93 Å². The molecule has 0 radical (unpaired) electrons. The molecule has 60 valence electrons. The quantitative estimate of drug-likeness (QED) is 0.539. The number of ether oxygens (including phenoxy) is 1. The molecule has 2 atom stereocenters. The van der Waals surface area contributed by atoms with E-state index in [4.69, 9.17) is 4.74 Å². The van der Waals surface area contributed by atoms with Gasteiger partial charge in [0.1, 0.15) is 4.93 Å². The first-order valence-corrected chi connectivity index (χ1v) is 4.73. The van der Waals surface area contributed by atoms with Crippen LogP contribution < -0.4 is 0 Å². The lowest BCUT2D eigenvalue weighted by Gasteiger charge is -2.37. The monoisotopic (exact) mass is 160 g/mol. The highest BCUT2D eigenvalue weighted by molar-refractivity contribution is 8.01. The van der Waals surface area contributed by atoms with Gasteiger partial charge in [0.15, 0.2) is 0 Å². The van der Waals surface area contributed by atoms with Gasteiger partial charge in [-0.2, -0.15) is 0 Å². The molecule has 0 N–H and O–H groups in total. The van der Waals surface area contributed by atoms with Crippen LogP contribution in [-0.4, -0.2) is 16.3 Å². The average Bonchev–Trinajstić information content (AvgIpc) is 1.54. The molecule has 1 nitrogen and oxygen atoms in total. The molecule has 1 heterocycles. The van der Waals surface area contributed by atoms with E-state index in [1.807, 2.05) is 11.8 Å². The SMILES string of the molecule is C[C@@H]1C[C@H](C)OC(C)(C)S1. The predicted octanol–water partition coefficient (Wildman–Crippen LogP) is 2.65. The Balaban J connectivity index is 2.51. The van der Waals surface area contributed by atoms with Gasteiger partial charge in [-0.15, -0.1) is 11.8 Å². The van der Waals surface area contributed by atoms with Gasteiger partial charge >= 0.3 is 0 Å². The largest absolute Gasteiger partial charge is 0.362 e. The first-order valence-electron chi connectivity index (χ1n) is 3.85. The summed E-state index contributed by atoms with van der Waals surface area (Å²) < 4.78 is 5.71. The topological polar surface area (TPSA) is 9.23 Å². The summed E-state index contributed by atoms with van der Waals surface area (Å²) >= 11 is 1.93. The summed E-state index contributed by atoms with van der Waals surface area (Å²) in [6, 6.07) is 0. The fourth-order valence-electron chi connectivity index (χ4n) is 1.56. The van der Waals surface area contributed by atoms with Crippen molar-refractivity contribution in [2.75, 3.05) is 0 Å². The van der Waals surface area contributed by atoms with Gasteiger partial charge in [-0.1, -0.05) is 6.92 Å². The Labute approximate surface area is 67.5 Å². The highest BCUT2D eigenvalue weighted by atomic mass is 32.2. The zero-order valence-corrected chi connectivity index (χ0v) is 7.99. The van der Waals surface area contributed by atoms with E-state index >= 15 is 0 Å². The lowest BCUT2D eigenvalue weighted by Crippen LogP contribution is -2.34. The van der Waals surface area contributed by atoms with Gasteiger partial charge in [-0.05, 0) is 27.2 Å². The van der Waals surface area contributed by atoms with E-state index in [9.17, 15) is 0 Å². The zero-order valence-electron chi connectivity index (χ0n) is 7.18. The second kappa shape index (κ2) is 2.74. The van der Waals surface area contributed by atoms with Crippen molar-refractivity contribution in [1.82, 2.24) is 0 Å². The highest BCUT2D eigenvalue weighted by Crippen LogP contribution is 2.38. The van der Waals surface area contributed by atoms with Gasteiger partial charge in [0.25, 0.3) is 0 Å². The highest BCUT2D eigenvalue weighted by Gasteiger charge is 2.30. The van der Waals surface area contributed by atoms with Crippen molar-refractivity contribution in [2.45, 2.75) is 50.4 Å². The van der Waals surface area contributed by atoms with Crippen LogP contribution in [0.2, 0.25) is 0 Å². The molecule has 0 bridgehead atoms. The molecule has 1 aliphatic heterocycles. The fourth-order valence-corrected chi connectivity index (χ4v) is 3.12. The summed E-state index contributed by atoms with van der Waals surface area (Å²) in [6.07, 6.45) is 1.62. The van der Waals surface area contributed by atoms with Crippen molar-refractivity contribution < 1.29 is 4.74 Å². The summed E-state index contributed by atoms with van der Waals surface area (Å²) in [5.74, 6) is 0. The Morgan fingerprint density at radius 2 is 2.00 bits per heavy atom. The molecule has 0 aromatic rings. The standard InChI is InChI=1S/C8H16OS/c1-6-5-7(2)10-8(3,4)9-6/h6-7H,5H2,1-4H3/t6-,7+/m0/s1. The molecule has 10 heavy (non-hydrogen) atoms. The van der Waals surface area contributed by atoms with Gasteiger partial charge in [-0.3, -0.25) is 0 Å². The Bertz CT molecular complexity index is 110. The average molecular weight is 160 g/mol. The Morgan fingerprint density at radius 3 is 2.40 bits per heavy atom. The number of rotatable bonds is 0. The van der Waals surface area contributed by atoms with Crippen molar-refractivity contribution in [3.05, 3.63) is 0 Å². The van der Waals surface area contributed by atoms with Crippen LogP contribution in [0.1, 0.15) is 34.1 Å². The molecule has 1 saturated heterocycles. The van der Waals surface area contributed by atoms with E-state index in [0.717, 1.165) is 5.25 Å². The van der Waals surface area contributed by atoms with Crippen LogP contribution in [0, 0.1) is 0 Å². The normalized spacial score (nSPS) is 39.6.